The maximum atomic E-state index is 12.2. The molecule has 4 nitrogen and oxygen atoms in total. The summed E-state index contributed by atoms with van der Waals surface area (Å²) in [7, 11) is 0. The van der Waals surface area contributed by atoms with Crippen molar-refractivity contribution in [3.63, 3.8) is 0 Å². The Morgan fingerprint density at radius 1 is 1.33 bits per heavy atom. The maximum Gasteiger partial charge on any atom is 0.191 e. The van der Waals surface area contributed by atoms with E-state index in [4.69, 9.17) is 0 Å². The van der Waals surface area contributed by atoms with Gasteiger partial charge in [-0.2, -0.15) is 0 Å². The van der Waals surface area contributed by atoms with Crippen LogP contribution >= 0.6 is 11.8 Å². The van der Waals surface area contributed by atoms with E-state index in [0.717, 1.165) is 23.6 Å². The van der Waals surface area contributed by atoms with Gasteiger partial charge in [-0.15, -0.1) is 10.2 Å². The van der Waals surface area contributed by atoms with Gasteiger partial charge in [-0.05, 0) is 24.8 Å². The zero-order valence-electron chi connectivity index (χ0n) is 12.2. The average Bonchev–Trinajstić information content (AvgIpc) is 3.24. The number of ketones is 1. The van der Waals surface area contributed by atoms with Gasteiger partial charge >= 0.3 is 0 Å². The molecule has 2 aromatic rings. The van der Waals surface area contributed by atoms with Crippen molar-refractivity contribution < 1.29 is 4.79 Å². The lowest BCUT2D eigenvalue weighted by Gasteiger charge is -2.04. The van der Waals surface area contributed by atoms with E-state index in [1.807, 2.05) is 24.3 Å². The fourth-order valence-electron chi connectivity index (χ4n) is 2.30. The Morgan fingerprint density at radius 2 is 2.10 bits per heavy atom. The summed E-state index contributed by atoms with van der Waals surface area (Å²) in [5.41, 5.74) is 2.06. The minimum absolute atomic E-state index is 0.147. The number of aryl methyl sites for hydroxylation is 1. The Hall–Kier alpha value is -1.62. The van der Waals surface area contributed by atoms with Crippen LogP contribution in [0.25, 0.3) is 0 Å². The topological polar surface area (TPSA) is 47.8 Å². The second-order valence-electron chi connectivity index (χ2n) is 5.41. The van der Waals surface area contributed by atoms with Crippen molar-refractivity contribution in [1.29, 1.82) is 0 Å². The summed E-state index contributed by atoms with van der Waals surface area (Å²) in [5, 5.41) is 8.91. The number of Topliss-reactive ketones (excluding diaryl/α,β-unsaturated/α-hetero) is 1. The molecule has 1 aliphatic rings. The summed E-state index contributed by atoms with van der Waals surface area (Å²) in [6, 6.07) is 8.51. The number of aromatic nitrogens is 3. The van der Waals surface area contributed by atoms with E-state index in [9.17, 15) is 4.79 Å². The van der Waals surface area contributed by atoms with Gasteiger partial charge in [0.2, 0.25) is 0 Å². The van der Waals surface area contributed by atoms with Crippen LogP contribution in [-0.4, -0.2) is 26.3 Å². The first kappa shape index (κ1) is 14.3. The Bertz CT molecular complexity index is 617. The number of hydrogen-bond donors (Lipinski definition) is 0. The molecule has 1 aromatic heterocycles. The maximum absolute atomic E-state index is 12.2. The summed E-state index contributed by atoms with van der Waals surface area (Å²) >= 11 is 1.48. The number of thioether (sulfide) groups is 1. The molecule has 0 unspecified atom stereocenters. The first-order valence-electron chi connectivity index (χ1n) is 7.42. The van der Waals surface area contributed by atoms with Crippen LogP contribution in [0, 0.1) is 0 Å². The van der Waals surface area contributed by atoms with E-state index in [-0.39, 0.29) is 5.78 Å². The van der Waals surface area contributed by atoms with Crippen molar-refractivity contribution in [2.24, 2.45) is 0 Å². The molecule has 1 aromatic carbocycles. The highest BCUT2D eigenvalue weighted by atomic mass is 32.2. The quantitative estimate of drug-likeness (QED) is 0.580. The van der Waals surface area contributed by atoms with Crippen molar-refractivity contribution in [2.45, 2.75) is 43.8 Å². The minimum atomic E-state index is 0.147. The van der Waals surface area contributed by atoms with E-state index in [1.54, 1.807) is 6.33 Å². The molecule has 3 rings (SSSR count). The van der Waals surface area contributed by atoms with Crippen LogP contribution in [0.3, 0.4) is 0 Å². The Morgan fingerprint density at radius 3 is 2.76 bits per heavy atom. The van der Waals surface area contributed by atoms with Gasteiger partial charge in [0.05, 0.1) is 5.75 Å². The third-order valence-corrected chi connectivity index (χ3v) is 4.58. The smallest absolute Gasteiger partial charge is 0.191 e. The molecule has 0 radical (unpaired) electrons. The van der Waals surface area contributed by atoms with Gasteiger partial charge in [0.1, 0.15) is 6.33 Å². The Kier molecular flexibility index (Phi) is 4.39. The summed E-state index contributed by atoms with van der Waals surface area (Å²) in [6.45, 7) is 2.16. The van der Waals surface area contributed by atoms with Gasteiger partial charge in [-0.25, -0.2) is 0 Å². The predicted molar refractivity (Wildman–Crippen MR) is 83.8 cm³/mol. The average molecular weight is 301 g/mol. The van der Waals surface area contributed by atoms with Crippen LogP contribution < -0.4 is 0 Å². The largest absolute Gasteiger partial charge is 0.306 e. The fraction of sp³-hybridized carbons (Fsp3) is 0.438. The van der Waals surface area contributed by atoms with E-state index in [1.165, 1.54) is 30.2 Å². The summed E-state index contributed by atoms with van der Waals surface area (Å²) in [6.07, 6.45) is 6.34. The molecule has 1 heterocycles. The number of carbonyl (C=O) groups excluding carboxylic acids is 1. The van der Waals surface area contributed by atoms with Crippen molar-refractivity contribution >= 4 is 17.5 Å². The number of rotatable bonds is 7. The normalized spacial score (nSPS) is 14.3. The zero-order valence-corrected chi connectivity index (χ0v) is 13.0. The molecule has 0 atom stereocenters. The van der Waals surface area contributed by atoms with Crippen molar-refractivity contribution in [3.8, 4) is 0 Å². The summed E-state index contributed by atoms with van der Waals surface area (Å²) < 4.78 is 2.09. The monoisotopic (exact) mass is 301 g/mol. The Labute approximate surface area is 129 Å². The second-order valence-corrected chi connectivity index (χ2v) is 6.35. The third kappa shape index (κ3) is 3.53. The molecule has 1 aliphatic carbocycles. The van der Waals surface area contributed by atoms with E-state index in [2.05, 4.69) is 21.7 Å². The summed E-state index contributed by atoms with van der Waals surface area (Å²) in [5.74, 6) is 0.562. The van der Waals surface area contributed by atoms with Crippen molar-refractivity contribution in [3.05, 3.63) is 41.7 Å². The van der Waals surface area contributed by atoms with Crippen LogP contribution in [0.1, 0.15) is 48.1 Å². The second kappa shape index (κ2) is 6.43. The molecular formula is C16H19N3OS. The number of benzene rings is 1. The molecule has 0 amide bonds. The molecule has 1 fully saturated rings. The standard InChI is InChI=1S/C16H19N3OS/c1-2-3-12-4-6-13(7-5-12)15(20)10-21-16-18-17-11-19(16)14-8-9-14/h4-7,11,14H,2-3,8-10H2,1H3. The molecule has 110 valence electrons. The predicted octanol–water partition coefficient (Wildman–Crippen LogP) is 3.54. The molecule has 0 N–H and O–H groups in total. The highest BCUT2D eigenvalue weighted by Gasteiger charge is 2.26. The van der Waals surface area contributed by atoms with E-state index in [0.29, 0.717) is 11.8 Å². The molecule has 0 saturated heterocycles. The van der Waals surface area contributed by atoms with Crippen LogP contribution in [0.2, 0.25) is 0 Å². The van der Waals surface area contributed by atoms with Crippen molar-refractivity contribution in [1.82, 2.24) is 14.8 Å². The minimum Gasteiger partial charge on any atom is -0.306 e. The lowest BCUT2D eigenvalue weighted by Crippen LogP contribution is -2.04. The van der Waals surface area contributed by atoms with Gasteiger partial charge < -0.3 is 4.57 Å². The lowest BCUT2D eigenvalue weighted by atomic mass is 10.1. The molecule has 0 aliphatic heterocycles. The summed E-state index contributed by atoms with van der Waals surface area (Å²) in [4.78, 5) is 12.2. The number of carbonyl (C=O) groups is 1. The molecular weight excluding hydrogens is 282 g/mol. The van der Waals surface area contributed by atoms with Gasteiger partial charge in [-0.1, -0.05) is 49.4 Å². The highest BCUT2D eigenvalue weighted by molar-refractivity contribution is 7.99. The molecule has 0 bridgehead atoms. The van der Waals surface area contributed by atoms with Gasteiger partial charge in [0, 0.05) is 11.6 Å². The molecule has 1 saturated carbocycles. The van der Waals surface area contributed by atoms with Crippen LogP contribution in [0.15, 0.2) is 35.7 Å². The molecule has 5 heteroatoms. The fourth-order valence-corrected chi connectivity index (χ4v) is 3.17. The Balaban J connectivity index is 1.59. The first-order valence-corrected chi connectivity index (χ1v) is 8.41. The van der Waals surface area contributed by atoms with Crippen molar-refractivity contribution in [2.75, 3.05) is 5.75 Å². The third-order valence-electron chi connectivity index (χ3n) is 3.63. The van der Waals surface area contributed by atoms with Gasteiger partial charge in [0.15, 0.2) is 10.9 Å². The van der Waals surface area contributed by atoms with Gasteiger partial charge in [0.25, 0.3) is 0 Å². The molecule has 0 spiro atoms. The zero-order chi connectivity index (χ0) is 14.7. The number of hydrogen-bond acceptors (Lipinski definition) is 4. The lowest BCUT2D eigenvalue weighted by molar-refractivity contribution is 0.102. The molecule has 21 heavy (non-hydrogen) atoms. The van der Waals surface area contributed by atoms with Crippen LogP contribution in [0.5, 0.6) is 0 Å². The van der Waals surface area contributed by atoms with Crippen LogP contribution in [-0.2, 0) is 6.42 Å². The van der Waals surface area contributed by atoms with Gasteiger partial charge in [-0.3, -0.25) is 4.79 Å². The van der Waals surface area contributed by atoms with Crippen LogP contribution in [0.4, 0.5) is 0 Å². The number of nitrogens with zero attached hydrogens (tertiary/aromatic N) is 3. The highest BCUT2D eigenvalue weighted by Crippen LogP contribution is 2.37. The SMILES string of the molecule is CCCc1ccc(C(=O)CSc2nncn2C2CC2)cc1. The first-order chi connectivity index (χ1) is 10.3. The van der Waals surface area contributed by atoms with E-state index >= 15 is 0 Å². The van der Waals surface area contributed by atoms with E-state index < -0.39 is 0 Å².